The lowest BCUT2D eigenvalue weighted by atomic mass is 9.75. The maximum absolute atomic E-state index is 12.3. The van der Waals surface area contributed by atoms with Gasteiger partial charge in [-0.25, -0.2) is 0 Å². The standard InChI is InChI=1S/C16H19NO5/c18-12-16(8-4-5-9-16)14(10-17(20)21)15(19)22-11-13-6-2-1-3-7-13/h1-3,6-7,12,14H,4-5,8-11H2. The predicted molar refractivity (Wildman–Crippen MR) is 78.6 cm³/mol. The van der Waals surface area contributed by atoms with E-state index in [1.807, 2.05) is 18.2 Å². The highest BCUT2D eigenvalue weighted by Gasteiger charge is 2.48. The summed E-state index contributed by atoms with van der Waals surface area (Å²) in [5.74, 6) is -1.67. The number of esters is 1. The van der Waals surface area contributed by atoms with Gasteiger partial charge in [0, 0.05) is 10.3 Å². The van der Waals surface area contributed by atoms with Crippen LogP contribution in [0.5, 0.6) is 0 Å². The minimum Gasteiger partial charge on any atom is -0.460 e. The number of hydrogen-bond acceptors (Lipinski definition) is 5. The number of carbonyl (C=O) groups excluding carboxylic acids is 2. The predicted octanol–water partition coefficient (Wildman–Crippen LogP) is 2.38. The van der Waals surface area contributed by atoms with Crippen molar-refractivity contribution in [3.63, 3.8) is 0 Å². The first kappa shape index (κ1) is 16.1. The lowest BCUT2D eigenvalue weighted by molar-refractivity contribution is -0.488. The summed E-state index contributed by atoms with van der Waals surface area (Å²) in [5.41, 5.74) is -0.136. The second-order valence-electron chi connectivity index (χ2n) is 5.72. The summed E-state index contributed by atoms with van der Waals surface area (Å²) in [6.45, 7) is -0.505. The number of nitrogens with zero attached hydrogens (tertiary/aromatic N) is 1. The van der Waals surface area contributed by atoms with E-state index >= 15 is 0 Å². The van der Waals surface area contributed by atoms with Gasteiger partial charge in [0.2, 0.25) is 6.54 Å². The summed E-state index contributed by atoms with van der Waals surface area (Å²) in [6, 6.07) is 9.10. The Morgan fingerprint density at radius 2 is 1.95 bits per heavy atom. The minimum absolute atomic E-state index is 0.0584. The van der Waals surface area contributed by atoms with Gasteiger partial charge in [0.1, 0.15) is 18.8 Å². The zero-order chi connectivity index (χ0) is 16.0. The van der Waals surface area contributed by atoms with Crippen molar-refractivity contribution in [1.82, 2.24) is 0 Å². The van der Waals surface area contributed by atoms with Crippen LogP contribution < -0.4 is 0 Å². The molecule has 1 atom stereocenters. The van der Waals surface area contributed by atoms with Crippen LogP contribution in [0.2, 0.25) is 0 Å². The molecule has 1 fully saturated rings. The Morgan fingerprint density at radius 1 is 1.32 bits per heavy atom. The van der Waals surface area contributed by atoms with Crippen LogP contribution in [0, 0.1) is 21.4 Å². The monoisotopic (exact) mass is 305 g/mol. The molecule has 0 heterocycles. The number of carbonyl (C=O) groups is 2. The molecule has 6 nitrogen and oxygen atoms in total. The Hall–Kier alpha value is -2.24. The van der Waals surface area contributed by atoms with E-state index in [4.69, 9.17) is 4.74 Å². The van der Waals surface area contributed by atoms with Gasteiger partial charge in [-0.3, -0.25) is 14.9 Å². The van der Waals surface area contributed by atoms with Crippen LogP contribution >= 0.6 is 0 Å². The van der Waals surface area contributed by atoms with Crippen molar-refractivity contribution >= 4 is 12.3 Å². The van der Waals surface area contributed by atoms with Gasteiger partial charge in [0.05, 0.1) is 0 Å². The van der Waals surface area contributed by atoms with E-state index in [-0.39, 0.29) is 6.61 Å². The molecule has 0 radical (unpaired) electrons. The maximum Gasteiger partial charge on any atom is 0.316 e. The van der Waals surface area contributed by atoms with E-state index in [0.717, 1.165) is 24.7 Å². The van der Waals surface area contributed by atoms with Gasteiger partial charge in [0.25, 0.3) is 0 Å². The second kappa shape index (κ2) is 7.15. The smallest absolute Gasteiger partial charge is 0.316 e. The van der Waals surface area contributed by atoms with E-state index in [2.05, 4.69) is 0 Å². The van der Waals surface area contributed by atoms with E-state index in [0.29, 0.717) is 12.8 Å². The van der Waals surface area contributed by atoms with Gasteiger partial charge in [0.15, 0.2) is 0 Å². The zero-order valence-corrected chi connectivity index (χ0v) is 12.3. The summed E-state index contributed by atoms with van der Waals surface area (Å²) in [5, 5.41) is 10.9. The maximum atomic E-state index is 12.3. The Labute approximate surface area is 128 Å². The number of aldehydes is 1. The highest BCUT2D eigenvalue weighted by molar-refractivity contribution is 5.79. The van der Waals surface area contributed by atoms with Gasteiger partial charge in [-0.05, 0) is 18.4 Å². The number of hydrogen-bond donors (Lipinski definition) is 0. The van der Waals surface area contributed by atoms with Crippen molar-refractivity contribution < 1.29 is 19.2 Å². The molecule has 0 aliphatic heterocycles. The third kappa shape index (κ3) is 3.69. The van der Waals surface area contributed by atoms with Gasteiger partial charge in [-0.2, -0.15) is 0 Å². The van der Waals surface area contributed by atoms with Crippen LogP contribution in [0.15, 0.2) is 30.3 Å². The Kier molecular flexibility index (Phi) is 5.25. The molecule has 1 aliphatic rings. The first-order chi connectivity index (χ1) is 10.6. The van der Waals surface area contributed by atoms with E-state index in [1.54, 1.807) is 12.1 Å². The zero-order valence-electron chi connectivity index (χ0n) is 12.3. The van der Waals surface area contributed by atoms with E-state index in [1.165, 1.54) is 0 Å². The fourth-order valence-corrected chi connectivity index (χ4v) is 3.05. The number of ether oxygens (including phenoxy) is 1. The molecule has 1 aliphatic carbocycles. The molecule has 118 valence electrons. The summed E-state index contributed by atoms with van der Waals surface area (Å²) >= 11 is 0. The highest BCUT2D eigenvalue weighted by atomic mass is 16.6. The van der Waals surface area contributed by atoms with Crippen LogP contribution in [0.25, 0.3) is 0 Å². The lowest BCUT2D eigenvalue weighted by Gasteiger charge is -2.28. The number of nitro groups is 1. The SMILES string of the molecule is O=CC1(C(C[N+](=O)[O-])C(=O)OCc2ccccc2)CCCC1. The topological polar surface area (TPSA) is 86.5 Å². The van der Waals surface area contributed by atoms with Crippen LogP contribution in [0.4, 0.5) is 0 Å². The molecule has 0 aromatic heterocycles. The quantitative estimate of drug-likeness (QED) is 0.334. The molecule has 0 bridgehead atoms. The van der Waals surface area contributed by atoms with Crippen LogP contribution in [-0.2, 0) is 20.9 Å². The summed E-state index contributed by atoms with van der Waals surface area (Å²) in [7, 11) is 0. The molecule has 1 saturated carbocycles. The molecule has 1 unspecified atom stereocenters. The minimum atomic E-state index is -1.01. The van der Waals surface area contributed by atoms with Gasteiger partial charge < -0.3 is 9.53 Å². The first-order valence-electron chi connectivity index (χ1n) is 7.36. The molecule has 0 spiro atoms. The molecule has 6 heteroatoms. The molecule has 22 heavy (non-hydrogen) atoms. The summed E-state index contributed by atoms with van der Waals surface area (Å²) in [4.78, 5) is 34.2. The molecule has 0 N–H and O–H groups in total. The molecular formula is C16H19NO5. The van der Waals surface area contributed by atoms with Crippen LogP contribution in [-0.4, -0.2) is 23.7 Å². The molecule has 0 amide bonds. The summed E-state index contributed by atoms with van der Waals surface area (Å²) in [6.07, 6.45) is 3.35. The molecule has 2 rings (SSSR count). The van der Waals surface area contributed by atoms with Gasteiger partial charge >= 0.3 is 5.97 Å². The summed E-state index contributed by atoms with van der Waals surface area (Å²) < 4.78 is 5.23. The van der Waals surface area contributed by atoms with Gasteiger partial charge in [-0.1, -0.05) is 43.2 Å². The second-order valence-corrected chi connectivity index (χ2v) is 5.72. The average Bonchev–Trinajstić information content (AvgIpc) is 3.01. The third-order valence-corrected chi connectivity index (χ3v) is 4.30. The lowest BCUT2D eigenvalue weighted by Crippen LogP contribution is -2.40. The highest BCUT2D eigenvalue weighted by Crippen LogP contribution is 2.43. The van der Waals surface area contributed by atoms with Crippen molar-refractivity contribution in [1.29, 1.82) is 0 Å². The van der Waals surface area contributed by atoms with Crippen LogP contribution in [0.3, 0.4) is 0 Å². The van der Waals surface area contributed by atoms with Crippen molar-refractivity contribution in [2.24, 2.45) is 11.3 Å². The Bertz CT molecular complexity index is 537. The fraction of sp³-hybridized carbons (Fsp3) is 0.500. The first-order valence-corrected chi connectivity index (χ1v) is 7.36. The number of benzene rings is 1. The average molecular weight is 305 g/mol. The van der Waals surface area contributed by atoms with E-state index in [9.17, 15) is 19.7 Å². The fourth-order valence-electron chi connectivity index (χ4n) is 3.05. The third-order valence-electron chi connectivity index (χ3n) is 4.30. The molecule has 1 aromatic carbocycles. The van der Waals surface area contributed by atoms with E-state index < -0.39 is 28.8 Å². The van der Waals surface area contributed by atoms with Crippen molar-refractivity contribution in [3.05, 3.63) is 46.0 Å². The Morgan fingerprint density at radius 3 is 2.50 bits per heavy atom. The van der Waals surface area contributed by atoms with Crippen molar-refractivity contribution in [3.8, 4) is 0 Å². The molecular weight excluding hydrogens is 286 g/mol. The largest absolute Gasteiger partial charge is 0.460 e. The molecule has 1 aromatic rings. The number of rotatable bonds is 7. The normalized spacial score (nSPS) is 17.6. The van der Waals surface area contributed by atoms with Gasteiger partial charge in [-0.15, -0.1) is 0 Å². The van der Waals surface area contributed by atoms with Crippen molar-refractivity contribution in [2.75, 3.05) is 6.54 Å². The van der Waals surface area contributed by atoms with Crippen LogP contribution in [0.1, 0.15) is 31.2 Å². The Balaban J connectivity index is 2.09. The molecule has 0 saturated heterocycles. The van der Waals surface area contributed by atoms with Crippen molar-refractivity contribution in [2.45, 2.75) is 32.3 Å².